The average molecular weight is 158 g/mol. The van der Waals surface area contributed by atoms with E-state index in [1.807, 2.05) is 0 Å². The van der Waals surface area contributed by atoms with Crippen molar-refractivity contribution >= 4 is 0 Å². The second-order valence-corrected chi connectivity index (χ2v) is 1.56. The molecule has 0 radical (unpaired) electrons. The van der Waals surface area contributed by atoms with Gasteiger partial charge in [-0.25, -0.2) is 0 Å². The molecule has 0 N–H and O–H groups in total. The fourth-order valence-corrected chi connectivity index (χ4v) is 0. The van der Waals surface area contributed by atoms with Crippen molar-refractivity contribution in [2.45, 2.75) is 0 Å². The monoisotopic (exact) mass is 158 g/mol. The Balaban J connectivity index is 0. The van der Waals surface area contributed by atoms with E-state index in [4.69, 9.17) is 15.3 Å². The summed E-state index contributed by atoms with van der Waals surface area (Å²) in [5.74, 6) is 0. The van der Waals surface area contributed by atoms with Gasteiger partial charge in [0.15, 0.2) is 0 Å². The van der Waals surface area contributed by atoms with Crippen molar-refractivity contribution in [3.63, 3.8) is 0 Å². The molecule has 0 spiro atoms. The van der Waals surface area contributed by atoms with Crippen LogP contribution in [0.4, 0.5) is 0 Å². The normalized spacial score (nSPS) is 9.33. The van der Waals surface area contributed by atoms with Crippen molar-refractivity contribution in [2.75, 3.05) is 0 Å². The van der Waals surface area contributed by atoms with Crippen molar-refractivity contribution in [3.05, 3.63) is 0 Å². The van der Waals surface area contributed by atoms with Gasteiger partial charge < -0.3 is 0 Å². The van der Waals surface area contributed by atoms with Gasteiger partial charge in [0.05, 0.1) is 0 Å². The van der Waals surface area contributed by atoms with Gasteiger partial charge in [0.2, 0.25) is 0 Å². The van der Waals surface area contributed by atoms with E-state index in [0.29, 0.717) is 0 Å². The molecule has 0 heterocycles. The molecule has 32 valence electrons. The first-order valence-corrected chi connectivity index (χ1v) is 2.54. The fraction of sp³-hybridized carbons (Fsp3) is 0. The van der Waals surface area contributed by atoms with Crippen LogP contribution in [0.2, 0.25) is 0 Å². The van der Waals surface area contributed by atoms with E-state index >= 15 is 0 Å². The minimum atomic E-state index is -5.62. The van der Waals surface area contributed by atoms with Crippen LogP contribution in [0, 0.1) is 0 Å². The third-order valence-electron chi connectivity index (χ3n) is 0. The molecule has 0 saturated heterocycles. The summed E-state index contributed by atoms with van der Waals surface area (Å²) < 4.78 is 34.3. The molecule has 0 atom stereocenters. The number of hydrogen-bond donors (Lipinski definition) is 0. The molecule has 0 aromatic rings. The second kappa shape index (κ2) is 3.37. The molecule has 0 amide bonds. The summed E-state index contributed by atoms with van der Waals surface area (Å²) in [5.41, 5.74) is 0. The van der Waals surface area contributed by atoms with Crippen molar-refractivity contribution in [1.29, 1.82) is 0 Å². The molecular formula is KMnO4. The zero-order chi connectivity index (χ0) is 4.50. The quantitative estimate of drug-likeness (QED) is 0.343. The van der Waals surface area contributed by atoms with Crippen molar-refractivity contribution in [2.24, 2.45) is 0 Å². The molecule has 0 aliphatic rings. The van der Waals surface area contributed by atoms with Crippen LogP contribution in [0.3, 0.4) is 0 Å². The molecule has 0 bridgehead atoms. The first kappa shape index (κ1) is 10.4. The van der Waals surface area contributed by atoms with Crippen LogP contribution in [-0.2, 0) is 27.9 Å². The summed E-state index contributed by atoms with van der Waals surface area (Å²) in [6.45, 7) is 0. The van der Waals surface area contributed by atoms with E-state index in [-0.39, 0.29) is 51.4 Å². The summed E-state index contributed by atoms with van der Waals surface area (Å²) in [6.07, 6.45) is 0. The van der Waals surface area contributed by atoms with Gasteiger partial charge in [-0.1, -0.05) is 0 Å². The molecule has 0 aliphatic heterocycles. The first-order chi connectivity index (χ1) is 2.00. The summed E-state index contributed by atoms with van der Waals surface area (Å²) in [4.78, 5) is 0. The first-order valence-electron chi connectivity index (χ1n) is 0.617. The molecule has 0 aliphatic carbocycles. The Bertz CT molecular complexity index is 159. The van der Waals surface area contributed by atoms with Crippen molar-refractivity contribution < 1.29 is 79.3 Å². The molecule has 0 saturated carbocycles. The van der Waals surface area contributed by atoms with Crippen LogP contribution in [0.5, 0.6) is 0 Å². The van der Waals surface area contributed by atoms with Crippen LogP contribution in [0.15, 0.2) is 0 Å². The van der Waals surface area contributed by atoms with Gasteiger partial charge in [-0.2, -0.15) is 0 Å². The van der Waals surface area contributed by atoms with Crippen LogP contribution >= 0.6 is 0 Å². The third-order valence-corrected chi connectivity index (χ3v) is 0. The van der Waals surface area contributed by atoms with Crippen LogP contribution < -0.4 is 51.4 Å². The Hall–Kier alpha value is 1.36. The van der Waals surface area contributed by atoms with Gasteiger partial charge in [0.25, 0.3) is 0 Å². The Morgan fingerprint density at radius 3 is 0.833 bits per heavy atom. The Morgan fingerprint density at radius 2 is 0.833 bits per heavy atom. The van der Waals surface area contributed by atoms with Gasteiger partial charge >= 0.3 is 79.3 Å². The molecule has 0 fully saturated rings. The van der Waals surface area contributed by atoms with Crippen molar-refractivity contribution in [3.8, 4) is 0 Å². The molecule has 4 nitrogen and oxygen atoms in total. The Morgan fingerprint density at radius 1 is 0.833 bits per heavy atom. The average Bonchev–Trinajstić information content (AvgIpc) is 0.722. The van der Waals surface area contributed by atoms with E-state index in [1.54, 1.807) is 0 Å². The summed E-state index contributed by atoms with van der Waals surface area (Å²) >= 11 is -5.62. The SMILES string of the molecule is [K+].[O]=[Mn-](=[O])(=[O])=[O]. The van der Waals surface area contributed by atoms with Gasteiger partial charge in [0.1, 0.15) is 0 Å². The molecule has 0 unspecified atom stereocenters. The fourth-order valence-electron chi connectivity index (χ4n) is 0. The van der Waals surface area contributed by atoms with Crippen LogP contribution in [0.25, 0.3) is 0 Å². The summed E-state index contributed by atoms with van der Waals surface area (Å²) in [7, 11) is 0. The third kappa shape index (κ3) is 55.3. The van der Waals surface area contributed by atoms with Gasteiger partial charge in [-0.05, 0) is 0 Å². The van der Waals surface area contributed by atoms with E-state index in [2.05, 4.69) is 0 Å². The number of rotatable bonds is 0. The van der Waals surface area contributed by atoms with E-state index in [0.717, 1.165) is 0 Å². The molecule has 0 rings (SSSR count). The second-order valence-electron chi connectivity index (χ2n) is 0.378. The van der Waals surface area contributed by atoms with E-state index in [1.165, 1.54) is 0 Å². The topological polar surface area (TPSA) is 68.3 Å². The van der Waals surface area contributed by atoms with Crippen LogP contribution in [-0.4, -0.2) is 0 Å². The molecule has 6 heteroatoms. The van der Waals surface area contributed by atoms with E-state index in [9.17, 15) is 0 Å². The zero-order valence-electron chi connectivity index (χ0n) is 3.01. The molecular weight excluding hydrogens is 158 g/mol. The van der Waals surface area contributed by atoms with Gasteiger partial charge in [-0.3, -0.25) is 0 Å². The Kier molecular flexibility index (Phi) is 5.82. The standard InChI is InChI=1S/K.Mn.4O/q+1;-1;;;;. The predicted molar refractivity (Wildman–Crippen MR) is 2.75 cm³/mol. The summed E-state index contributed by atoms with van der Waals surface area (Å²) in [5, 5.41) is 0. The minimum absolute atomic E-state index is 0. The van der Waals surface area contributed by atoms with E-state index < -0.39 is 12.6 Å². The maximum atomic E-state index is 8.58. The molecule has 0 aromatic carbocycles. The summed E-state index contributed by atoms with van der Waals surface area (Å²) in [6, 6.07) is 0. The molecule has 0 aromatic heterocycles. The number of hydrogen-bond acceptors (Lipinski definition) is 4. The van der Waals surface area contributed by atoms with Gasteiger partial charge in [-0.15, -0.1) is 0 Å². The van der Waals surface area contributed by atoms with Crippen LogP contribution in [0.1, 0.15) is 0 Å². The van der Waals surface area contributed by atoms with Crippen molar-refractivity contribution in [1.82, 2.24) is 0 Å². The predicted octanol–water partition coefficient (Wildman–Crippen LogP) is -3.47. The zero-order valence-corrected chi connectivity index (χ0v) is 7.31. The van der Waals surface area contributed by atoms with Gasteiger partial charge in [0, 0.05) is 0 Å². The Labute approximate surface area is 77.7 Å². The maximum absolute atomic E-state index is 8.58. The molecule has 6 heavy (non-hydrogen) atoms.